The molecule has 0 saturated heterocycles. The summed E-state index contributed by atoms with van der Waals surface area (Å²) in [5.74, 6) is -0.954. The Morgan fingerprint density at radius 3 is 2.65 bits per heavy atom. The number of imidazole rings is 1. The molecule has 0 saturated carbocycles. The van der Waals surface area contributed by atoms with Gasteiger partial charge in [0.25, 0.3) is 0 Å². The van der Waals surface area contributed by atoms with E-state index in [0.717, 1.165) is 11.3 Å². The molecule has 96 valence electrons. The Kier molecular flexibility index (Phi) is 2.70. The van der Waals surface area contributed by atoms with Crippen molar-refractivity contribution < 1.29 is 9.90 Å². The molecular formula is C15H9N3O2. The highest BCUT2D eigenvalue weighted by atomic mass is 16.4. The molecule has 3 rings (SSSR count). The average Bonchev–Trinajstić information content (AvgIpc) is 2.90. The predicted octanol–water partition coefficient (Wildman–Crippen LogP) is 2.57. The number of carbonyl (C=O) groups is 1. The normalized spacial score (nSPS) is 10.3. The fourth-order valence-corrected chi connectivity index (χ4v) is 1.97. The zero-order valence-corrected chi connectivity index (χ0v) is 10.3. The number of aromatic carboxylic acids is 1. The second-order valence-corrected chi connectivity index (χ2v) is 4.30. The van der Waals surface area contributed by atoms with Crippen LogP contribution in [-0.4, -0.2) is 20.5 Å². The number of hydrogen-bond acceptors (Lipinski definition) is 3. The van der Waals surface area contributed by atoms with Crippen LogP contribution in [0.3, 0.4) is 0 Å². The average molecular weight is 263 g/mol. The molecular weight excluding hydrogens is 254 g/mol. The smallest absolute Gasteiger partial charge is 0.335 e. The first-order valence-electron chi connectivity index (χ1n) is 5.90. The Morgan fingerprint density at radius 1 is 1.25 bits per heavy atom. The van der Waals surface area contributed by atoms with Crippen molar-refractivity contribution in [1.29, 1.82) is 5.26 Å². The van der Waals surface area contributed by atoms with Gasteiger partial charge in [-0.3, -0.25) is 0 Å². The molecule has 2 heterocycles. The molecule has 5 heteroatoms. The molecule has 0 amide bonds. The first-order valence-corrected chi connectivity index (χ1v) is 5.90. The summed E-state index contributed by atoms with van der Waals surface area (Å²) >= 11 is 0. The van der Waals surface area contributed by atoms with Crippen LogP contribution in [-0.2, 0) is 0 Å². The lowest BCUT2D eigenvalue weighted by Gasteiger charge is -1.97. The second-order valence-electron chi connectivity index (χ2n) is 4.30. The third kappa shape index (κ3) is 1.99. The summed E-state index contributed by atoms with van der Waals surface area (Å²) in [4.78, 5) is 15.2. The Balaban J connectivity index is 2.05. The lowest BCUT2D eigenvalue weighted by Crippen LogP contribution is -1.94. The van der Waals surface area contributed by atoms with E-state index in [-0.39, 0.29) is 5.56 Å². The highest BCUT2D eigenvalue weighted by Crippen LogP contribution is 2.20. The van der Waals surface area contributed by atoms with Crippen LogP contribution in [0, 0.1) is 11.3 Å². The van der Waals surface area contributed by atoms with Gasteiger partial charge in [0.15, 0.2) is 0 Å². The SMILES string of the molecule is N#Cc1ccn2cc(-c3ccc(C(=O)O)cc3)nc2c1. The van der Waals surface area contributed by atoms with E-state index in [1.54, 1.807) is 42.6 Å². The molecule has 0 atom stereocenters. The molecule has 0 bridgehead atoms. The van der Waals surface area contributed by atoms with Crippen molar-refractivity contribution in [3.05, 3.63) is 59.9 Å². The van der Waals surface area contributed by atoms with E-state index < -0.39 is 5.97 Å². The number of rotatable bonds is 2. The first kappa shape index (κ1) is 11.9. The zero-order valence-electron chi connectivity index (χ0n) is 10.3. The molecule has 1 aromatic carbocycles. The monoisotopic (exact) mass is 263 g/mol. The molecule has 0 spiro atoms. The van der Waals surface area contributed by atoms with Gasteiger partial charge in [-0.05, 0) is 24.3 Å². The highest BCUT2D eigenvalue weighted by Gasteiger charge is 2.07. The number of benzene rings is 1. The van der Waals surface area contributed by atoms with Crippen molar-refractivity contribution >= 4 is 11.6 Å². The topological polar surface area (TPSA) is 78.4 Å². The molecule has 5 nitrogen and oxygen atoms in total. The highest BCUT2D eigenvalue weighted by molar-refractivity contribution is 5.88. The second kappa shape index (κ2) is 4.52. The Labute approximate surface area is 114 Å². The fourth-order valence-electron chi connectivity index (χ4n) is 1.97. The van der Waals surface area contributed by atoms with Gasteiger partial charge < -0.3 is 9.51 Å². The number of hydrogen-bond donors (Lipinski definition) is 1. The summed E-state index contributed by atoms with van der Waals surface area (Å²) in [5.41, 5.74) is 3.04. The van der Waals surface area contributed by atoms with Crippen LogP contribution in [0.2, 0.25) is 0 Å². The fraction of sp³-hybridized carbons (Fsp3) is 0. The first-order chi connectivity index (χ1) is 9.67. The van der Waals surface area contributed by atoms with E-state index in [4.69, 9.17) is 10.4 Å². The van der Waals surface area contributed by atoms with Gasteiger partial charge in [-0.25, -0.2) is 9.78 Å². The molecule has 20 heavy (non-hydrogen) atoms. The molecule has 0 fully saturated rings. The number of nitriles is 1. The molecule has 0 radical (unpaired) electrons. The zero-order chi connectivity index (χ0) is 14.1. The molecule has 1 N–H and O–H groups in total. The van der Waals surface area contributed by atoms with Gasteiger partial charge in [-0.1, -0.05) is 12.1 Å². The van der Waals surface area contributed by atoms with Crippen LogP contribution in [0.5, 0.6) is 0 Å². The third-order valence-electron chi connectivity index (χ3n) is 3.02. The summed E-state index contributed by atoms with van der Waals surface area (Å²) in [7, 11) is 0. The molecule has 0 aliphatic heterocycles. The van der Waals surface area contributed by atoms with E-state index in [1.807, 2.05) is 10.6 Å². The van der Waals surface area contributed by atoms with Crippen LogP contribution < -0.4 is 0 Å². The minimum absolute atomic E-state index is 0.240. The number of nitrogens with zero attached hydrogens (tertiary/aromatic N) is 3. The molecule has 0 unspecified atom stereocenters. The molecule has 2 aromatic heterocycles. The third-order valence-corrected chi connectivity index (χ3v) is 3.02. The van der Waals surface area contributed by atoms with Crippen LogP contribution in [0.1, 0.15) is 15.9 Å². The molecule has 3 aromatic rings. The van der Waals surface area contributed by atoms with E-state index >= 15 is 0 Å². The largest absolute Gasteiger partial charge is 0.478 e. The van der Waals surface area contributed by atoms with Gasteiger partial charge in [-0.2, -0.15) is 5.26 Å². The summed E-state index contributed by atoms with van der Waals surface area (Å²) in [5, 5.41) is 17.7. The van der Waals surface area contributed by atoms with Crippen molar-refractivity contribution in [2.45, 2.75) is 0 Å². The van der Waals surface area contributed by atoms with E-state index in [9.17, 15) is 4.79 Å². The number of carboxylic acids is 1. The standard InChI is InChI=1S/C15H9N3O2/c16-8-10-5-6-18-9-13(17-14(18)7-10)11-1-3-12(4-2-11)15(19)20/h1-7,9H,(H,19,20). The summed E-state index contributed by atoms with van der Waals surface area (Å²) in [6, 6.07) is 12.0. The Bertz CT molecular complexity index is 842. The maximum atomic E-state index is 10.8. The van der Waals surface area contributed by atoms with Crippen LogP contribution in [0.15, 0.2) is 48.8 Å². The van der Waals surface area contributed by atoms with E-state index in [2.05, 4.69) is 11.1 Å². The summed E-state index contributed by atoms with van der Waals surface area (Å²) in [6.07, 6.45) is 3.61. The lowest BCUT2D eigenvalue weighted by molar-refractivity contribution is 0.0697. The van der Waals surface area contributed by atoms with Gasteiger partial charge in [0.2, 0.25) is 0 Å². The molecule has 0 aliphatic carbocycles. The van der Waals surface area contributed by atoms with E-state index in [1.165, 1.54) is 0 Å². The Hall–Kier alpha value is -3.13. The quantitative estimate of drug-likeness (QED) is 0.770. The van der Waals surface area contributed by atoms with Crippen molar-refractivity contribution in [2.75, 3.05) is 0 Å². The molecule has 0 aliphatic rings. The predicted molar refractivity (Wildman–Crippen MR) is 72.3 cm³/mol. The summed E-state index contributed by atoms with van der Waals surface area (Å²) < 4.78 is 1.82. The van der Waals surface area contributed by atoms with E-state index in [0.29, 0.717) is 11.2 Å². The number of pyridine rings is 1. The number of fused-ring (bicyclic) bond motifs is 1. The lowest BCUT2D eigenvalue weighted by atomic mass is 10.1. The summed E-state index contributed by atoms with van der Waals surface area (Å²) in [6.45, 7) is 0. The van der Waals surface area contributed by atoms with Gasteiger partial charge in [0.1, 0.15) is 5.65 Å². The number of aromatic nitrogens is 2. The van der Waals surface area contributed by atoms with Crippen molar-refractivity contribution in [3.8, 4) is 17.3 Å². The number of carboxylic acid groups (broad SMARTS) is 1. The minimum Gasteiger partial charge on any atom is -0.478 e. The van der Waals surface area contributed by atoms with Crippen molar-refractivity contribution in [2.24, 2.45) is 0 Å². The van der Waals surface area contributed by atoms with Crippen LogP contribution >= 0.6 is 0 Å². The van der Waals surface area contributed by atoms with Crippen molar-refractivity contribution in [1.82, 2.24) is 9.38 Å². The van der Waals surface area contributed by atoms with Gasteiger partial charge in [0, 0.05) is 18.0 Å². The van der Waals surface area contributed by atoms with Crippen LogP contribution in [0.4, 0.5) is 0 Å². The van der Waals surface area contributed by atoms with Crippen LogP contribution in [0.25, 0.3) is 16.9 Å². The maximum absolute atomic E-state index is 10.8. The van der Waals surface area contributed by atoms with Gasteiger partial charge in [-0.15, -0.1) is 0 Å². The van der Waals surface area contributed by atoms with Crippen molar-refractivity contribution in [3.63, 3.8) is 0 Å². The van der Waals surface area contributed by atoms with Gasteiger partial charge >= 0.3 is 5.97 Å². The maximum Gasteiger partial charge on any atom is 0.335 e. The minimum atomic E-state index is -0.954. The van der Waals surface area contributed by atoms with Gasteiger partial charge in [0.05, 0.1) is 22.9 Å². The Morgan fingerprint density at radius 2 is 2.00 bits per heavy atom.